The molecule has 0 radical (unpaired) electrons. The van der Waals surface area contributed by atoms with Crippen LogP contribution in [0, 0.1) is 0 Å². The van der Waals surface area contributed by atoms with Crippen LogP contribution in [-0.4, -0.2) is 21.8 Å². The molecular formula is C9H13N3OS. The summed E-state index contributed by atoms with van der Waals surface area (Å²) in [6, 6.07) is 5.84. The lowest BCUT2D eigenvalue weighted by Gasteiger charge is -1.99. The van der Waals surface area contributed by atoms with E-state index in [2.05, 4.69) is 10.1 Å². The molecule has 0 aliphatic carbocycles. The minimum Gasteiger partial charge on any atom is -0.409 e. The number of aromatic nitrogens is 1. The van der Waals surface area contributed by atoms with Crippen molar-refractivity contribution in [2.24, 2.45) is 10.9 Å². The van der Waals surface area contributed by atoms with Gasteiger partial charge in [0, 0.05) is 24.1 Å². The third-order valence-electron chi connectivity index (χ3n) is 1.61. The molecule has 1 heterocycles. The molecule has 0 saturated heterocycles. The zero-order chi connectivity index (χ0) is 10.2. The molecule has 0 aliphatic heterocycles. The second-order valence-electron chi connectivity index (χ2n) is 2.71. The highest BCUT2D eigenvalue weighted by Gasteiger charge is 1.96. The number of pyridine rings is 1. The predicted molar refractivity (Wildman–Crippen MR) is 58.4 cm³/mol. The Morgan fingerprint density at radius 3 is 3.07 bits per heavy atom. The first-order valence-electron chi connectivity index (χ1n) is 4.27. The number of amidine groups is 1. The summed E-state index contributed by atoms with van der Waals surface area (Å²) in [5, 5.41) is 11.2. The van der Waals surface area contributed by atoms with Gasteiger partial charge in [-0.1, -0.05) is 11.2 Å². The fraction of sp³-hybridized carbons (Fsp3) is 0.333. The summed E-state index contributed by atoms with van der Waals surface area (Å²) in [4.78, 5) is 4.18. The van der Waals surface area contributed by atoms with E-state index in [1.165, 1.54) is 0 Å². The normalized spacial score (nSPS) is 11.6. The van der Waals surface area contributed by atoms with Gasteiger partial charge >= 0.3 is 0 Å². The van der Waals surface area contributed by atoms with Gasteiger partial charge in [-0.2, -0.15) is 11.8 Å². The molecular weight excluding hydrogens is 198 g/mol. The molecule has 1 aromatic heterocycles. The molecule has 5 heteroatoms. The van der Waals surface area contributed by atoms with Gasteiger partial charge in [-0.3, -0.25) is 4.98 Å². The fourth-order valence-corrected chi connectivity index (χ4v) is 1.76. The van der Waals surface area contributed by atoms with Gasteiger partial charge in [0.15, 0.2) is 0 Å². The van der Waals surface area contributed by atoms with Crippen molar-refractivity contribution in [1.29, 1.82) is 0 Å². The molecule has 0 spiro atoms. The molecule has 1 aromatic rings. The van der Waals surface area contributed by atoms with Crippen molar-refractivity contribution in [2.75, 3.05) is 5.75 Å². The Bertz CT molecular complexity index is 289. The molecule has 14 heavy (non-hydrogen) atoms. The second-order valence-corrected chi connectivity index (χ2v) is 3.82. The quantitative estimate of drug-likeness (QED) is 0.254. The summed E-state index contributed by atoms with van der Waals surface area (Å²) >= 11 is 1.72. The standard InChI is InChI=1S/C9H13N3OS/c10-9(12-13)4-6-14-7-8-3-1-2-5-11-8/h1-3,5,13H,4,6-7H2,(H2,10,12). The predicted octanol–water partition coefficient (Wildman–Crippen LogP) is 1.45. The number of rotatable bonds is 5. The first-order valence-corrected chi connectivity index (χ1v) is 5.42. The molecule has 0 unspecified atom stereocenters. The van der Waals surface area contributed by atoms with Crippen LogP contribution in [0.1, 0.15) is 12.1 Å². The van der Waals surface area contributed by atoms with Crippen molar-refractivity contribution in [3.05, 3.63) is 30.1 Å². The van der Waals surface area contributed by atoms with Crippen molar-refractivity contribution in [2.45, 2.75) is 12.2 Å². The van der Waals surface area contributed by atoms with Crippen molar-refractivity contribution in [1.82, 2.24) is 4.98 Å². The Morgan fingerprint density at radius 1 is 1.57 bits per heavy atom. The maximum absolute atomic E-state index is 8.29. The summed E-state index contributed by atoms with van der Waals surface area (Å²) in [6.07, 6.45) is 2.38. The monoisotopic (exact) mass is 211 g/mol. The number of hydrogen-bond acceptors (Lipinski definition) is 4. The van der Waals surface area contributed by atoms with Crippen LogP contribution in [0.15, 0.2) is 29.6 Å². The number of nitrogens with two attached hydrogens (primary N) is 1. The SMILES string of the molecule is NC(CCSCc1ccccn1)=NO. The lowest BCUT2D eigenvalue weighted by molar-refractivity contribution is 0.317. The van der Waals surface area contributed by atoms with E-state index in [0.29, 0.717) is 6.42 Å². The topological polar surface area (TPSA) is 71.5 Å². The van der Waals surface area contributed by atoms with E-state index in [1.54, 1.807) is 18.0 Å². The average Bonchev–Trinajstić information content (AvgIpc) is 2.25. The highest BCUT2D eigenvalue weighted by atomic mass is 32.2. The summed E-state index contributed by atoms with van der Waals surface area (Å²) in [5.74, 6) is 1.98. The van der Waals surface area contributed by atoms with Crippen LogP contribution in [0.4, 0.5) is 0 Å². The van der Waals surface area contributed by atoms with Crippen LogP contribution in [0.5, 0.6) is 0 Å². The number of oxime groups is 1. The van der Waals surface area contributed by atoms with Gasteiger partial charge in [0.05, 0.1) is 5.69 Å². The van der Waals surface area contributed by atoms with Crippen molar-refractivity contribution >= 4 is 17.6 Å². The Hall–Kier alpha value is -1.23. The first kappa shape index (κ1) is 10.8. The maximum atomic E-state index is 8.29. The van der Waals surface area contributed by atoms with E-state index < -0.39 is 0 Å². The first-order chi connectivity index (χ1) is 6.83. The third-order valence-corrected chi connectivity index (χ3v) is 2.60. The van der Waals surface area contributed by atoms with E-state index in [4.69, 9.17) is 10.9 Å². The van der Waals surface area contributed by atoms with Gasteiger partial charge in [0.2, 0.25) is 0 Å². The lowest BCUT2D eigenvalue weighted by Crippen LogP contribution is -2.12. The van der Waals surface area contributed by atoms with Gasteiger partial charge in [-0.05, 0) is 12.1 Å². The maximum Gasteiger partial charge on any atom is 0.139 e. The van der Waals surface area contributed by atoms with Gasteiger partial charge in [0.25, 0.3) is 0 Å². The summed E-state index contributed by atoms with van der Waals surface area (Å²) in [7, 11) is 0. The van der Waals surface area contributed by atoms with E-state index in [0.717, 1.165) is 17.2 Å². The number of thioether (sulfide) groups is 1. The van der Waals surface area contributed by atoms with Gasteiger partial charge < -0.3 is 10.9 Å². The summed E-state index contributed by atoms with van der Waals surface area (Å²) < 4.78 is 0. The van der Waals surface area contributed by atoms with Gasteiger partial charge in [0.1, 0.15) is 5.84 Å². The lowest BCUT2D eigenvalue weighted by atomic mass is 10.4. The van der Waals surface area contributed by atoms with Crippen LogP contribution in [0.3, 0.4) is 0 Å². The Labute approximate surface area is 87.2 Å². The van der Waals surface area contributed by atoms with Crippen LogP contribution in [0.2, 0.25) is 0 Å². The van der Waals surface area contributed by atoms with Crippen LogP contribution in [-0.2, 0) is 5.75 Å². The van der Waals surface area contributed by atoms with Crippen LogP contribution >= 0.6 is 11.8 Å². The van der Waals surface area contributed by atoms with E-state index >= 15 is 0 Å². The van der Waals surface area contributed by atoms with Gasteiger partial charge in [-0.25, -0.2) is 0 Å². The largest absolute Gasteiger partial charge is 0.409 e. The molecule has 0 aliphatic rings. The number of nitrogens with zero attached hydrogens (tertiary/aromatic N) is 2. The number of hydrogen-bond donors (Lipinski definition) is 2. The fourth-order valence-electron chi connectivity index (χ4n) is 0.887. The smallest absolute Gasteiger partial charge is 0.139 e. The third kappa shape index (κ3) is 4.13. The summed E-state index contributed by atoms with van der Waals surface area (Å²) in [5.41, 5.74) is 6.38. The Kier molecular flexibility index (Phi) is 4.85. The molecule has 0 saturated carbocycles. The van der Waals surface area contributed by atoms with Crippen LogP contribution in [0.25, 0.3) is 0 Å². The van der Waals surface area contributed by atoms with E-state index in [-0.39, 0.29) is 5.84 Å². The van der Waals surface area contributed by atoms with Crippen molar-refractivity contribution < 1.29 is 5.21 Å². The molecule has 1 rings (SSSR count). The minimum atomic E-state index is 0.276. The minimum absolute atomic E-state index is 0.276. The van der Waals surface area contributed by atoms with Crippen molar-refractivity contribution in [3.8, 4) is 0 Å². The summed E-state index contributed by atoms with van der Waals surface area (Å²) in [6.45, 7) is 0. The van der Waals surface area contributed by atoms with Gasteiger partial charge in [-0.15, -0.1) is 0 Å². The van der Waals surface area contributed by atoms with Crippen LogP contribution < -0.4 is 5.73 Å². The molecule has 76 valence electrons. The molecule has 3 N–H and O–H groups in total. The zero-order valence-corrected chi connectivity index (χ0v) is 8.57. The highest BCUT2D eigenvalue weighted by Crippen LogP contribution is 2.10. The van der Waals surface area contributed by atoms with E-state index in [9.17, 15) is 0 Å². The Balaban J connectivity index is 2.17. The molecule has 0 fully saturated rings. The molecule has 0 aromatic carbocycles. The van der Waals surface area contributed by atoms with Crippen molar-refractivity contribution in [3.63, 3.8) is 0 Å². The van der Waals surface area contributed by atoms with E-state index in [1.807, 2.05) is 18.2 Å². The zero-order valence-electron chi connectivity index (χ0n) is 7.76. The average molecular weight is 211 g/mol. The highest BCUT2D eigenvalue weighted by molar-refractivity contribution is 7.98. The molecule has 0 bridgehead atoms. The molecule has 4 nitrogen and oxygen atoms in total. The Morgan fingerprint density at radius 2 is 2.43 bits per heavy atom. The second kappa shape index (κ2) is 6.26. The molecule has 0 amide bonds. The molecule has 0 atom stereocenters.